The Morgan fingerprint density at radius 1 is 1.10 bits per heavy atom. The predicted octanol–water partition coefficient (Wildman–Crippen LogP) is 5.04. The molecule has 2 aromatic carbocycles. The summed E-state index contributed by atoms with van der Waals surface area (Å²) < 4.78 is 24.5. The second-order valence-electron chi connectivity index (χ2n) is 4.24. The molecule has 0 aliphatic carbocycles. The van der Waals surface area contributed by atoms with Gasteiger partial charge < -0.3 is 5.32 Å². The Hall–Kier alpha value is -1.10. The van der Waals surface area contributed by atoms with E-state index in [1.54, 1.807) is 12.1 Å². The van der Waals surface area contributed by atoms with Crippen LogP contribution in [-0.2, 0) is 6.54 Å². The number of thioether (sulfide) groups is 1. The quantitative estimate of drug-likeness (QED) is 0.776. The summed E-state index contributed by atoms with van der Waals surface area (Å²) in [6.45, 7) is 0.711. The van der Waals surface area contributed by atoms with Crippen molar-refractivity contribution < 1.29 is 8.78 Å². The summed E-state index contributed by atoms with van der Waals surface area (Å²) in [5, 5.41) is 3.75. The molecular weight excluding hydrogens is 300 g/mol. The van der Waals surface area contributed by atoms with Crippen LogP contribution in [0.15, 0.2) is 47.4 Å². The summed E-state index contributed by atoms with van der Waals surface area (Å²) in [5.74, 6) is -2.39. The molecule has 0 heterocycles. The summed E-state index contributed by atoms with van der Waals surface area (Å²) in [6.07, 6.45) is 0. The Kier molecular flexibility index (Phi) is 5.40. The first-order valence-electron chi connectivity index (χ1n) is 6.08. The van der Waals surface area contributed by atoms with Crippen LogP contribution in [0.4, 0.5) is 8.78 Å². The lowest BCUT2D eigenvalue weighted by Gasteiger charge is -2.08. The number of alkyl halides is 2. The molecule has 0 aliphatic rings. The maximum Gasteiger partial charge on any atom is 0.288 e. The lowest BCUT2D eigenvalue weighted by atomic mass is 10.0. The van der Waals surface area contributed by atoms with Crippen LogP contribution in [0.3, 0.4) is 0 Å². The molecule has 0 radical (unpaired) electrons. The first-order chi connectivity index (χ1) is 9.60. The molecule has 5 heteroatoms. The maximum atomic E-state index is 12.3. The Morgan fingerprint density at radius 2 is 1.75 bits per heavy atom. The van der Waals surface area contributed by atoms with E-state index in [2.05, 4.69) is 5.32 Å². The highest BCUT2D eigenvalue weighted by molar-refractivity contribution is 7.99. The van der Waals surface area contributed by atoms with Crippen LogP contribution in [0.1, 0.15) is 5.56 Å². The van der Waals surface area contributed by atoms with E-state index in [0.717, 1.165) is 16.7 Å². The van der Waals surface area contributed by atoms with Crippen molar-refractivity contribution in [3.05, 3.63) is 53.1 Å². The fourth-order valence-electron chi connectivity index (χ4n) is 1.89. The van der Waals surface area contributed by atoms with Gasteiger partial charge in [-0.25, -0.2) is 0 Å². The van der Waals surface area contributed by atoms with Gasteiger partial charge in [0.15, 0.2) is 0 Å². The summed E-state index contributed by atoms with van der Waals surface area (Å²) in [5.41, 5.74) is 2.97. The van der Waals surface area contributed by atoms with Gasteiger partial charge in [-0.3, -0.25) is 0 Å². The van der Waals surface area contributed by atoms with Gasteiger partial charge in [-0.2, -0.15) is 8.78 Å². The van der Waals surface area contributed by atoms with Gasteiger partial charge in [0.1, 0.15) is 0 Å². The minimum atomic E-state index is -2.39. The smallest absolute Gasteiger partial charge is 0.288 e. The number of hydrogen-bond acceptors (Lipinski definition) is 2. The van der Waals surface area contributed by atoms with Crippen molar-refractivity contribution in [2.45, 2.75) is 17.2 Å². The first kappa shape index (κ1) is 15.3. The molecule has 0 bridgehead atoms. The molecule has 0 unspecified atom stereocenters. The van der Waals surface area contributed by atoms with Crippen LogP contribution in [0.5, 0.6) is 0 Å². The highest BCUT2D eigenvalue weighted by atomic mass is 35.5. The van der Waals surface area contributed by atoms with Crippen LogP contribution in [0, 0.1) is 0 Å². The molecule has 0 spiro atoms. The van der Waals surface area contributed by atoms with E-state index in [9.17, 15) is 8.78 Å². The van der Waals surface area contributed by atoms with Crippen LogP contribution in [0.25, 0.3) is 11.1 Å². The molecule has 0 fully saturated rings. The van der Waals surface area contributed by atoms with Gasteiger partial charge in [0.25, 0.3) is 5.76 Å². The average molecular weight is 314 g/mol. The largest absolute Gasteiger partial charge is 0.316 e. The maximum absolute atomic E-state index is 12.3. The zero-order valence-corrected chi connectivity index (χ0v) is 12.4. The predicted molar refractivity (Wildman–Crippen MR) is 81.5 cm³/mol. The molecule has 1 N–H and O–H groups in total. The van der Waals surface area contributed by atoms with Crippen LogP contribution >= 0.6 is 23.4 Å². The SMILES string of the molecule is CNCc1ccc(-c2ccc(SC(F)F)cc2)cc1Cl. The molecule has 20 heavy (non-hydrogen) atoms. The third-order valence-corrected chi connectivity index (χ3v) is 3.91. The molecule has 0 amide bonds. The highest BCUT2D eigenvalue weighted by Crippen LogP contribution is 2.29. The molecule has 2 aromatic rings. The molecule has 0 atom stereocenters. The van der Waals surface area contributed by atoms with E-state index in [4.69, 9.17) is 11.6 Å². The molecule has 0 saturated heterocycles. The normalized spacial score (nSPS) is 11.1. The standard InChI is InChI=1S/C15H14ClF2NS/c1-19-9-12-3-2-11(8-14(12)16)10-4-6-13(7-5-10)20-15(17)18/h2-8,15,19H,9H2,1H3. The fraction of sp³-hybridized carbons (Fsp3) is 0.200. The van der Waals surface area contributed by atoms with Crippen molar-refractivity contribution in [2.24, 2.45) is 0 Å². The topological polar surface area (TPSA) is 12.0 Å². The summed E-state index contributed by atoms with van der Waals surface area (Å²) in [6, 6.07) is 12.9. The zero-order chi connectivity index (χ0) is 14.5. The first-order valence-corrected chi connectivity index (χ1v) is 7.34. The highest BCUT2D eigenvalue weighted by Gasteiger charge is 2.06. The van der Waals surface area contributed by atoms with Crippen molar-refractivity contribution in [1.29, 1.82) is 0 Å². The van der Waals surface area contributed by atoms with Gasteiger partial charge in [-0.15, -0.1) is 0 Å². The lowest BCUT2D eigenvalue weighted by Crippen LogP contribution is -2.05. The Balaban J connectivity index is 2.21. The molecule has 1 nitrogen and oxygen atoms in total. The third-order valence-electron chi connectivity index (χ3n) is 2.83. The second-order valence-corrected chi connectivity index (χ2v) is 5.71. The van der Waals surface area contributed by atoms with Crippen LogP contribution < -0.4 is 5.32 Å². The minimum absolute atomic E-state index is 0.547. The molecule has 0 aromatic heterocycles. The van der Waals surface area contributed by atoms with Gasteiger partial charge in [-0.05, 0) is 41.9 Å². The molecular formula is C15H14ClF2NS. The monoisotopic (exact) mass is 313 g/mol. The Labute approximate surface area is 126 Å². The number of benzene rings is 2. The number of halogens is 3. The molecule has 0 aliphatic heterocycles. The van der Waals surface area contributed by atoms with Crippen molar-refractivity contribution in [3.8, 4) is 11.1 Å². The average Bonchev–Trinajstić information content (AvgIpc) is 2.41. The summed E-state index contributed by atoms with van der Waals surface area (Å²) in [4.78, 5) is 0.557. The molecule has 2 rings (SSSR count). The van der Waals surface area contributed by atoms with Crippen molar-refractivity contribution in [2.75, 3.05) is 7.05 Å². The lowest BCUT2D eigenvalue weighted by molar-refractivity contribution is 0.252. The summed E-state index contributed by atoms with van der Waals surface area (Å²) >= 11 is 6.76. The van der Waals surface area contributed by atoms with Gasteiger partial charge >= 0.3 is 0 Å². The van der Waals surface area contributed by atoms with Crippen molar-refractivity contribution in [1.82, 2.24) is 5.32 Å². The molecule has 0 saturated carbocycles. The second kappa shape index (κ2) is 7.07. The van der Waals surface area contributed by atoms with Crippen LogP contribution in [-0.4, -0.2) is 12.8 Å². The van der Waals surface area contributed by atoms with E-state index in [1.165, 1.54) is 0 Å². The number of nitrogens with one attached hydrogen (secondary N) is 1. The van der Waals surface area contributed by atoms with Crippen molar-refractivity contribution in [3.63, 3.8) is 0 Å². The van der Waals surface area contributed by atoms with Crippen molar-refractivity contribution >= 4 is 23.4 Å². The van der Waals surface area contributed by atoms with E-state index >= 15 is 0 Å². The number of rotatable bonds is 5. The Morgan fingerprint density at radius 3 is 2.30 bits per heavy atom. The van der Waals surface area contributed by atoms with Crippen LogP contribution in [0.2, 0.25) is 5.02 Å². The molecule has 106 valence electrons. The van der Waals surface area contributed by atoms with Gasteiger partial charge in [-0.1, -0.05) is 47.6 Å². The van der Waals surface area contributed by atoms with E-state index in [1.807, 2.05) is 37.4 Å². The third kappa shape index (κ3) is 3.95. The van der Waals surface area contributed by atoms with E-state index < -0.39 is 5.76 Å². The van der Waals surface area contributed by atoms with E-state index in [0.29, 0.717) is 28.2 Å². The number of hydrogen-bond donors (Lipinski definition) is 1. The van der Waals surface area contributed by atoms with Gasteiger partial charge in [0.05, 0.1) is 0 Å². The Bertz CT molecular complexity index is 573. The fourth-order valence-corrected chi connectivity index (χ4v) is 2.64. The van der Waals surface area contributed by atoms with E-state index in [-0.39, 0.29) is 0 Å². The summed E-state index contributed by atoms with van der Waals surface area (Å²) in [7, 11) is 1.86. The zero-order valence-electron chi connectivity index (χ0n) is 10.9. The van der Waals surface area contributed by atoms with Gasteiger partial charge in [0.2, 0.25) is 0 Å². The minimum Gasteiger partial charge on any atom is -0.316 e. The van der Waals surface area contributed by atoms with Gasteiger partial charge in [0, 0.05) is 16.5 Å².